The molecule has 0 atom stereocenters. The van der Waals surface area contributed by atoms with Gasteiger partial charge in [-0.05, 0) is 55.5 Å². The molecule has 1 heterocycles. The fourth-order valence-corrected chi connectivity index (χ4v) is 3.31. The molecule has 3 aromatic rings. The highest BCUT2D eigenvalue weighted by Gasteiger charge is 2.21. The van der Waals surface area contributed by atoms with Crippen molar-refractivity contribution in [1.29, 1.82) is 0 Å². The quantitative estimate of drug-likeness (QED) is 0.353. The molecule has 0 fully saturated rings. The molecule has 3 rings (SSSR count). The van der Waals surface area contributed by atoms with Crippen LogP contribution in [0.4, 0.5) is 5.69 Å². The van der Waals surface area contributed by atoms with Crippen LogP contribution in [0.2, 0.25) is 0 Å². The first-order valence-corrected chi connectivity index (χ1v) is 12.3. The number of anilines is 1. The van der Waals surface area contributed by atoms with Crippen LogP contribution in [0.5, 0.6) is 5.75 Å². The van der Waals surface area contributed by atoms with Crippen LogP contribution in [-0.4, -0.2) is 47.0 Å². The highest BCUT2D eigenvalue weighted by molar-refractivity contribution is 5.97. The maximum Gasteiger partial charge on any atom is 0.254 e. The number of ether oxygens (including phenoxy) is 1. The molecule has 0 aliphatic rings. The van der Waals surface area contributed by atoms with E-state index in [0.717, 1.165) is 11.3 Å². The molecule has 3 N–H and O–H groups in total. The van der Waals surface area contributed by atoms with Gasteiger partial charge in [-0.2, -0.15) is 0 Å². The molecular formula is C28H33N5O5. The normalized spacial score (nSPS) is 10.9. The van der Waals surface area contributed by atoms with Crippen molar-refractivity contribution in [1.82, 2.24) is 20.2 Å². The van der Waals surface area contributed by atoms with Gasteiger partial charge < -0.3 is 20.7 Å². The van der Waals surface area contributed by atoms with Gasteiger partial charge in [0.1, 0.15) is 12.3 Å². The zero-order valence-electron chi connectivity index (χ0n) is 22.0. The van der Waals surface area contributed by atoms with Crippen molar-refractivity contribution in [3.63, 3.8) is 0 Å². The predicted octanol–water partition coefficient (Wildman–Crippen LogP) is 2.84. The summed E-state index contributed by atoms with van der Waals surface area (Å²) in [4.78, 5) is 53.4. The Kier molecular flexibility index (Phi) is 9.37. The van der Waals surface area contributed by atoms with Gasteiger partial charge in [-0.1, -0.05) is 20.8 Å². The van der Waals surface area contributed by atoms with Crippen LogP contribution in [0.25, 0.3) is 11.3 Å². The Morgan fingerprint density at radius 1 is 0.947 bits per heavy atom. The van der Waals surface area contributed by atoms with Crippen LogP contribution in [-0.2, 0) is 16.1 Å². The van der Waals surface area contributed by atoms with Crippen LogP contribution in [0, 0.1) is 5.41 Å². The van der Waals surface area contributed by atoms with Gasteiger partial charge >= 0.3 is 0 Å². The number of amides is 3. The van der Waals surface area contributed by atoms with Gasteiger partial charge in [-0.25, -0.2) is 4.98 Å². The Morgan fingerprint density at radius 3 is 2.21 bits per heavy atom. The molecule has 38 heavy (non-hydrogen) atoms. The SMILES string of the molecule is CCOc1ccc(-c2cc(=O)n(CC(=O)NCCNC(=O)c3ccc(NC(=O)C(C)(C)C)cc3)cn2)cc1. The summed E-state index contributed by atoms with van der Waals surface area (Å²) in [5, 5.41) is 8.20. The highest BCUT2D eigenvalue weighted by atomic mass is 16.5. The molecule has 0 saturated heterocycles. The van der Waals surface area contributed by atoms with Gasteiger partial charge in [0.05, 0.1) is 18.6 Å². The second kappa shape index (κ2) is 12.7. The second-order valence-corrected chi connectivity index (χ2v) is 9.59. The van der Waals surface area contributed by atoms with E-state index >= 15 is 0 Å². The highest BCUT2D eigenvalue weighted by Crippen LogP contribution is 2.20. The van der Waals surface area contributed by atoms with Crippen LogP contribution in [0.3, 0.4) is 0 Å². The average molecular weight is 520 g/mol. The lowest BCUT2D eigenvalue weighted by molar-refractivity contribution is -0.123. The van der Waals surface area contributed by atoms with Crippen LogP contribution < -0.4 is 26.2 Å². The third-order valence-corrected chi connectivity index (χ3v) is 5.47. The molecule has 10 nitrogen and oxygen atoms in total. The molecule has 10 heteroatoms. The van der Waals surface area contributed by atoms with Crippen molar-refractivity contribution in [3.05, 3.63) is 76.8 Å². The lowest BCUT2D eigenvalue weighted by Gasteiger charge is -2.17. The van der Waals surface area contributed by atoms with Crippen LogP contribution >= 0.6 is 0 Å². The molecular weight excluding hydrogens is 486 g/mol. The third kappa shape index (κ3) is 8.02. The van der Waals surface area contributed by atoms with Gasteiger partial charge in [0.2, 0.25) is 11.8 Å². The maximum absolute atomic E-state index is 12.5. The smallest absolute Gasteiger partial charge is 0.254 e. The summed E-state index contributed by atoms with van der Waals surface area (Å²) >= 11 is 0. The van der Waals surface area contributed by atoms with Gasteiger partial charge in [0.15, 0.2) is 0 Å². The Hall–Kier alpha value is -4.47. The lowest BCUT2D eigenvalue weighted by Crippen LogP contribution is -2.37. The van der Waals surface area contributed by atoms with E-state index in [1.165, 1.54) is 17.0 Å². The van der Waals surface area contributed by atoms with Gasteiger partial charge in [0.25, 0.3) is 11.5 Å². The van der Waals surface area contributed by atoms with Gasteiger partial charge in [-0.3, -0.25) is 23.7 Å². The summed E-state index contributed by atoms with van der Waals surface area (Å²) in [6.07, 6.45) is 1.34. The van der Waals surface area contributed by atoms with E-state index in [0.29, 0.717) is 23.6 Å². The summed E-state index contributed by atoms with van der Waals surface area (Å²) in [7, 11) is 0. The minimum Gasteiger partial charge on any atom is -0.494 e. The number of carbonyl (C=O) groups is 3. The maximum atomic E-state index is 12.5. The summed E-state index contributed by atoms with van der Waals surface area (Å²) in [6.45, 7) is 8.13. The average Bonchev–Trinajstić information content (AvgIpc) is 2.88. The summed E-state index contributed by atoms with van der Waals surface area (Å²) in [6, 6.07) is 15.2. The Bertz CT molecular complexity index is 1330. The Balaban J connectivity index is 1.44. The monoisotopic (exact) mass is 519 g/mol. The Morgan fingerprint density at radius 2 is 1.61 bits per heavy atom. The van der Waals surface area contributed by atoms with Crippen molar-refractivity contribution in [2.24, 2.45) is 5.41 Å². The van der Waals surface area contributed by atoms with Gasteiger partial charge in [0, 0.05) is 41.4 Å². The molecule has 3 amide bonds. The number of aromatic nitrogens is 2. The minimum absolute atomic E-state index is 0.118. The third-order valence-electron chi connectivity index (χ3n) is 5.47. The first-order chi connectivity index (χ1) is 18.1. The molecule has 0 saturated carbocycles. The Labute approximate surface area is 221 Å². The minimum atomic E-state index is -0.523. The fourth-order valence-electron chi connectivity index (χ4n) is 3.31. The molecule has 0 bridgehead atoms. The van der Waals surface area contributed by atoms with E-state index in [2.05, 4.69) is 20.9 Å². The summed E-state index contributed by atoms with van der Waals surface area (Å²) in [5.41, 5.74) is 1.42. The molecule has 0 unspecified atom stereocenters. The first-order valence-electron chi connectivity index (χ1n) is 12.3. The molecule has 0 aliphatic carbocycles. The molecule has 1 aromatic heterocycles. The number of nitrogens with zero attached hydrogens (tertiary/aromatic N) is 2. The number of benzene rings is 2. The van der Waals surface area contributed by atoms with E-state index in [1.807, 2.05) is 39.8 Å². The van der Waals surface area contributed by atoms with Crippen molar-refractivity contribution in [3.8, 4) is 17.0 Å². The molecule has 200 valence electrons. The largest absolute Gasteiger partial charge is 0.494 e. The number of hydrogen-bond donors (Lipinski definition) is 3. The standard InChI is InChI=1S/C28H33N5O5/c1-5-38-22-12-8-19(9-13-22)23-16-25(35)33(18-31-23)17-24(34)29-14-15-30-26(36)20-6-10-21(11-7-20)32-27(37)28(2,3)4/h6-13,16,18H,5,14-15,17H2,1-4H3,(H,29,34)(H,30,36)(H,32,37). The van der Waals surface area contributed by atoms with Crippen molar-refractivity contribution in [2.45, 2.75) is 34.2 Å². The molecule has 0 aliphatic heterocycles. The van der Waals surface area contributed by atoms with Crippen LogP contribution in [0.1, 0.15) is 38.1 Å². The summed E-state index contributed by atoms with van der Waals surface area (Å²) in [5.74, 6) is -0.0711. The molecule has 2 aromatic carbocycles. The van der Waals surface area contributed by atoms with Crippen molar-refractivity contribution >= 4 is 23.4 Å². The van der Waals surface area contributed by atoms with Gasteiger partial charge in [-0.15, -0.1) is 0 Å². The predicted molar refractivity (Wildman–Crippen MR) is 145 cm³/mol. The van der Waals surface area contributed by atoms with Crippen LogP contribution in [0.15, 0.2) is 65.7 Å². The van der Waals surface area contributed by atoms with E-state index < -0.39 is 5.41 Å². The number of rotatable bonds is 10. The fraction of sp³-hybridized carbons (Fsp3) is 0.321. The zero-order chi connectivity index (χ0) is 27.7. The summed E-state index contributed by atoms with van der Waals surface area (Å²) < 4.78 is 6.63. The van der Waals surface area contributed by atoms with Crippen molar-refractivity contribution in [2.75, 3.05) is 25.0 Å². The number of nitrogens with one attached hydrogen (secondary N) is 3. The van der Waals surface area contributed by atoms with E-state index in [4.69, 9.17) is 4.74 Å². The first kappa shape index (κ1) is 28.1. The number of carbonyl (C=O) groups excluding carboxylic acids is 3. The van der Waals surface area contributed by atoms with E-state index in [1.54, 1.807) is 36.4 Å². The van der Waals surface area contributed by atoms with Crippen molar-refractivity contribution < 1.29 is 19.1 Å². The second-order valence-electron chi connectivity index (χ2n) is 9.59. The molecule has 0 radical (unpaired) electrons. The zero-order valence-corrected chi connectivity index (χ0v) is 22.0. The number of hydrogen-bond acceptors (Lipinski definition) is 6. The molecule has 0 spiro atoms. The van der Waals surface area contributed by atoms with E-state index in [9.17, 15) is 19.2 Å². The topological polar surface area (TPSA) is 131 Å². The van der Waals surface area contributed by atoms with E-state index in [-0.39, 0.29) is 42.9 Å². The lowest BCUT2D eigenvalue weighted by atomic mass is 9.95.